The van der Waals surface area contributed by atoms with Gasteiger partial charge in [-0.3, -0.25) is 9.52 Å². The Balaban J connectivity index is 1.39. The van der Waals surface area contributed by atoms with Crippen LogP contribution in [0.4, 0.5) is 27.4 Å². The van der Waals surface area contributed by atoms with Crippen molar-refractivity contribution in [3.63, 3.8) is 0 Å². The summed E-state index contributed by atoms with van der Waals surface area (Å²) in [5, 5.41) is 0. The monoisotopic (exact) mass is 483 g/mol. The summed E-state index contributed by atoms with van der Waals surface area (Å²) >= 11 is 0. The number of pyridine rings is 2. The second kappa shape index (κ2) is 8.24. The van der Waals surface area contributed by atoms with E-state index in [0.717, 1.165) is 5.56 Å². The first-order valence-electron chi connectivity index (χ1n) is 10.7. The topological polar surface area (TPSA) is 105 Å². The van der Waals surface area contributed by atoms with Gasteiger partial charge in [0.1, 0.15) is 11.6 Å². The molecule has 2 aliphatic rings. The number of carbonyl (C=O) groups excluding carboxylic acids is 1. The summed E-state index contributed by atoms with van der Waals surface area (Å²) in [6.45, 7) is 2.60. The maximum atomic E-state index is 13.9. The van der Waals surface area contributed by atoms with Crippen LogP contribution in [0.5, 0.6) is 5.75 Å². The first kappa shape index (κ1) is 22.1. The molecule has 1 amide bonds. The van der Waals surface area contributed by atoms with Gasteiger partial charge in [-0.25, -0.2) is 13.4 Å². The number of rotatable bonds is 5. The molecule has 0 aliphatic carbocycles. The van der Waals surface area contributed by atoms with Crippen LogP contribution in [-0.2, 0) is 22.2 Å². The number of sulfonamides is 1. The summed E-state index contributed by atoms with van der Waals surface area (Å²) < 4.78 is 46.0. The molecule has 1 N–H and O–H groups in total. The zero-order valence-electron chi connectivity index (χ0n) is 18.6. The zero-order chi connectivity index (χ0) is 24.0. The molecule has 34 heavy (non-hydrogen) atoms. The molecule has 11 heteroatoms. The van der Waals surface area contributed by atoms with Crippen molar-refractivity contribution in [1.82, 2.24) is 9.97 Å². The number of hydrogen-bond acceptors (Lipinski definition) is 7. The summed E-state index contributed by atoms with van der Waals surface area (Å²) in [7, 11) is -1.76. The summed E-state index contributed by atoms with van der Waals surface area (Å²) in [6, 6.07) is 9.68. The first-order chi connectivity index (χ1) is 16.3. The van der Waals surface area contributed by atoms with Gasteiger partial charge in [0.05, 0.1) is 29.3 Å². The molecule has 0 radical (unpaired) electrons. The standard InChI is InChI=1S/C23H22FN5O4S/c1-3-29-21-15(23(30)28(2)18-7-8-20(24)26-22(18)29)11-14(12-25-21)9-10-33-19-6-4-5-17-16(19)13-34(31,32)27-17/h4-8,11-12,27H,3,9-10,13H2,1-2H3. The van der Waals surface area contributed by atoms with Crippen molar-refractivity contribution in [3.8, 4) is 5.75 Å². The Morgan fingerprint density at radius 3 is 2.82 bits per heavy atom. The number of amides is 1. The van der Waals surface area contributed by atoms with Gasteiger partial charge >= 0.3 is 0 Å². The molecule has 0 fully saturated rings. The number of hydrogen-bond donors (Lipinski definition) is 1. The van der Waals surface area contributed by atoms with E-state index in [4.69, 9.17) is 4.74 Å². The Kier molecular flexibility index (Phi) is 5.35. The van der Waals surface area contributed by atoms with Gasteiger partial charge in [-0.15, -0.1) is 0 Å². The van der Waals surface area contributed by atoms with Gasteiger partial charge < -0.3 is 14.5 Å². The lowest BCUT2D eigenvalue weighted by Gasteiger charge is -2.22. The molecule has 0 unspecified atom stereocenters. The van der Waals surface area contributed by atoms with Crippen LogP contribution in [0, 0.1) is 5.95 Å². The fourth-order valence-corrected chi connectivity index (χ4v) is 5.47. The van der Waals surface area contributed by atoms with Crippen LogP contribution in [0.2, 0.25) is 0 Å². The van der Waals surface area contributed by atoms with Crippen LogP contribution < -0.4 is 19.3 Å². The molecule has 4 heterocycles. The van der Waals surface area contributed by atoms with E-state index in [1.54, 1.807) is 42.4 Å². The van der Waals surface area contributed by atoms with E-state index in [0.29, 0.717) is 52.9 Å². The molecule has 0 spiro atoms. The average molecular weight is 484 g/mol. The van der Waals surface area contributed by atoms with Crippen molar-refractivity contribution in [2.75, 3.05) is 34.7 Å². The van der Waals surface area contributed by atoms with Crippen LogP contribution in [0.1, 0.15) is 28.4 Å². The SMILES string of the molecule is CCN1c2ncc(CCOc3cccc4c3CS(=O)(=O)N4)cc2C(=O)N(C)c2ccc(F)nc21. The van der Waals surface area contributed by atoms with Crippen molar-refractivity contribution in [1.29, 1.82) is 0 Å². The van der Waals surface area contributed by atoms with Crippen LogP contribution in [-0.4, -0.2) is 44.5 Å². The van der Waals surface area contributed by atoms with Gasteiger partial charge in [-0.05, 0) is 42.8 Å². The van der Waals surface area contributed by atoms with Crippen molar-refractivity contribution in [2.45, 2.75) is 19.1 Å². The third-order valence-corrected chi connectivity index (χ3v) is 7.05. The highest BCUT2D eigenvalue weighted by molar-refractivity contribution is 7.92. The van der Waals surface area contributed by atoms with E-state index in [1.165, 1.54) is 17.0 Å². The number of nitrogens with one attached hydrogen (secondary N) is 1. The molecule has 0 bridgehead atoms. The third-order valence-electron chi connectivity index (χ3n) is 5.85. The normalized spacial score (nSPS) is 15.8. The maximum Gasteiger partial charge on any atom is 0.261 e. The van der Waals surface area contributed by atoms with Crippen molar-refractivity contribution in [2.24, 2.45) is 0 Å². The highest BCUT2D eigenvalue weighted by atomic mass is 32.2. The van der Waals surface area contributed by atoms with Gasteiger partial charge in [0.25, 0.3) is 5.91 Å². The van der Waals surface area contributed by atoms with E-state index < -0.39 is 16.0 Å². The molecular formula is C23H22FN5O4S. The predicted octanol–water partition coefficient (Wildman–Crippen LogP) is 3.24. The first-order valence-corrected chi connectivity index (χ1v) is 12.4. The number of halogens is 1. The number of fused-ring (bicyclic) bond motifs is 3. The molecule has 0 saturated carbocycles. The molecule has 1 aromatic carbocycles. The summed E-state index contributed by atoms with van der Waals surface area (Å²) in [6.07, 6.45) is 2.11. The molecule has 2 aliphatic heterocycles. The lowest BCUT2D eigenvalue weighted by Crippen LogP contribution is -2.25. The number of anilines is 4. The summed E-state index contributed by atoms with van der Waals surface area (Å²) in [5.74, 6) is 0.228. The molecule has 0 atom stereocenters. The summed E-state index contributed by atoms with van der Waals surface area (Å²) in [5.41, 5.74) is 2.80. The molecule has 176 valence electrons. The van der Waals surface area contributed by atoms with E-state index in [2.05, 4.69) is 14.7 Å². The van der Waals surface area contributed by atoms with Gasteiger partial charge in [0, 0.05) is 31.8 Å². The van der Waals surface area contributed by atoms with Gasteiger partial charge in [-0.2, -0.15) is 9.37 Å². The van der Waals surface area contributed by atoms with Crippen molar-refractivity contribution in [3.05, 3.63) is 65.2 Å². The van der Waals surface area contributed by atoms with Crippen molar-refractivity contribution >= 4 is 38.9 Å². The van der Waals surface area contributed by atoms with Gasteiger partial charge in [-0.1, -0.05) is 6.07 Å². The Labute approximate surface area is 196 Å². The minimum atomic E-state index is -3.38. The highest BCUT2D eigenvalue weighted by Gasteiger charge is 2.31. The Hall–Kier alpha value is -3.73. The number of benzene rings is 1. The molecule has 3 aromatic rings. The number of aromatic nitrogens is 2. The smallest absolute Gasteiger partial charge is 0.261 e. The fraction of sp³-hybridized carbons (Fsp3) is 0.261. The quantitative estimate of drug-likeness (QED) is 0.556. The van der Waals surface area contributed by atoms with Gasteiger partial charge in [0.15, 0.2) is 5.82 Å². The fourth-order valence-electron chi connectivity index (χ4n) is 4.20. The predicted molar refractivity (Wildman–Crippen MR) is 126 cm³/mol. The summed E-state index contributed by atoms with van der Waals surface area (Å²) in [4.78, 5) is 24.9. The Morgan fingerprint density at radius 2 is 2.03 bits per heavy atom. The maximum absolute atomic E-state index is 13.9. The van der Waals surface area contributed by atoms with Crippen LogP contribution >= 0.6 is 0 Å². The highest BCUT2D eigenvalue weighted by Crippen LogP contribution is 2.38. The van der Waals surface area contributed by atoms with E-state index >= 15 is 0 Å². The minimum absolute atomic E-state index is 0.123. The van der Waals surface area contributed by atoms with E-state index in [9.17, 15) is 17.6 Å². The van der Waals surface area contributed by atoms with Crippen molar-refractivity contribution < 1.29 is 22.3 Å². The average Bonchev–Trinajstić information content (AvgIpc) is 3.10. The second-order valence-electron chi connectivity index (χ2n) is 8.04. The number of carbonyl (C=O) groups is 1. The molecule has 2 aromatic heterocycles. The largest absolute Gasteiger partial charge is 0.493 e. The zero-order valence-corrected chi connectivity index (χ0v) is 19.4. The van der Waals surface area contributed by atoms with E-state index in [-0.39, 0.29) is 18.3 Å². The Bertz CT molecular complexity index is 1410. The van der Waals surface area contributed by atoms with Crippen LogP contribution in [0.15, 0.2) is 42.6 Å². The lowest BCUT2D eigenvalue weighted by atomic mass is 10.1. The molecule has 9 nitrogen and oxygen atoms in total. The second-order valence-corrected chi connectivity index (χ2v) is 9.76. The van der Waals surface area contributed by atoms with Gasteiger partial charge in [0.2, 0.25) is 16.0 Å². The third kappa shape index (κ3) is 3.81. The molecule has 5 rings (SSSR count). The van der Waals surface area contributed by atoms with Crippen LogP contribution in [0.25, 0.3) is 0 Å². The van der Waals surface area contributed by atoms with E-state index in [1.807, 2.05) is 6.92 Å². The molecule has 0 saturated heterocycles. The molecular weight excluding hydrogens is 461 g/mol. The lowest BCUT2D eigenvalue weighted by molar-refractivity contribution is 0.0994. The van der Waals surface area contributed by atoms with Crippen LogP contribution in [0.3, 0.4) is 0 Å². The number of nitrogens with zero attached hydrogens (tertiary/aromatic N) is 4. The Morgan fingerprint density at radius 1 is 1.21 bits per heavy atom. The number of ether oxygens (including phenoxy) is 1. The minimum Gasteiger partial charge on any atom is -0.493 e.